The average Bonchev–Trinajstić information content (AvgIpc) is 3.26. The summed E-state index contributed by atoms with van der Waals surface area (Å²) in [6.07, 6.45) is 1.75. The Morgan fingerprint density at radius 3 is 2.73 bits per heavy atom. The van der Waals surface area contributed by atoms with E-state index in [1.807, 2.05) is 18.5 Å². The van der Waals surface area contributed by atoms with Crippen molar-refractivity contribution in [3.05, 3.63) is 71.2 Å². The van der Waals surface area contributed by atoms with Crippen molar-refractivity contribution in [2.45, 2.75) is 33.5 Å². The van der Waals surface area contributed by atoms with Gasteiger partial charge < -0.3 is 14.5 Å². The molecule has 7 heteroatoms. The minimum Gasteiger partial charge on any atom is -0.486 e. The van der Waals surface area contributed by atoms with Gasteiger partial charge in [-0.15, -0.1) is 0 Å². The summed E-state index contributed by atoms with van der Waals surface area (Å²) in [5.41, 5.74) is 1.99. The molecule has 0 aliphatic carbocycles. The van der Waals surface area contributed by atoms with Crippen LogP contribution in [0.5, 0.6) is 5.75 Å². The van der Waals surface area contributed by atoms with Gasteiger partial charge in [-0.2, -0.15) is 5.10 Å². The highest BCUT2D eigenvalue weighted by atomic mass is 19.1. The minimum atomic E-state index is -0.325. The van der Waals surface area contributed by atoms with Crippen LogP contribution >= 0.6 is 0 Å². The zero-order valence-electron chi connectivity index (χ0n) is 14.7. The standard InChI is InChI=1S/C19H20FN3O3/c1-3-23-13(2)14(11-22-23)10-21-19(24)18-9-8-17(26-18)12-25-16-6-4-15(20)5-7-16/h4-9,11H,3,10,12H2,1-2H3,(H,21,24). The van der Waals surface area contributed by atoms with Gasteiger partial charge in [0.2, 0.25) is 0 Å². The molecular weight excluding hydrogens is 337 g/mol. The van der Waals surface area contributed by atoms with Crippen LogP contribution in [0.25, 0.3) is 0 Å². The number of nitrogens with one attached hydrogen (secondary N) is 1. The monoisotopic (exact) mass is 357 g/mol. The fourth-order valence-electron chi connectivity index (χ4n) is 2.50. The van der Waals surface area contributed by atoms with E-state index in [9.17, 15) is 9.18 Å². The van der Waals surface area contributed by atoms with Crippen LogP contribution in [0.2, 0.25) is 0 Å². The topological polar surface area (TPSA) is 69.3 Å². The first-order valence-electron chi connectivity index (χ1n) is 8.33. The van der Waals surface area contributed by atoms with Gasteiger partial charge in [0, 0.05) is 24.3 Å². The second kappa shape index (κ2) is 7.86. The molecule has 26 heavy (non-hydrogen) atoms. The third kappa shape index (κ3) is 4.11. The first-order valence-corrected chi connectivity index (χ1v) is 8.33. The maximum Gasteiger partial charge on any atom is 0.287 e. The number of carbonyl (C=O) groups is 1. The van der Waals surface area contributed by atoms with Crippen molar-refractivity contribution in [3.8, 4) is 5.75 Å². The predicted molar refractivity (Wildman–Crippen MR) is 93.2 cm³/mol. The molecule has 0 aliphatic heterocycles. The molecule has 1 N–H and O–H groups in total. The highest BCUT2D eigenvalue weighted by molar-refractivity contribution is 5.91. The van der Waals surface area contributed by atoms with Gasteiger partial charge in [-0.25, -0.2) is 4.39 Å². The maximum absolute atomic E-state index is 12.9. The second-order valence-corrected chi connectivity index (χ2v) is 5.76. The predicted octanol–water partition coefficient (Wildman–Crippen LogP) is 3.45. The summed E-state index contributed by atoms with van der Waals surface area (Å²) < 4.78 is 25.7. The van der Waals surface area contributed by atoms with Crippen LogP contribution in [0.15, 0.2) is 47.0 Å². The van der Waals surface area contributed by atoms with E-state index in [1.54, 1.807) is 18.3 Å². The first-order chi connectivity index (χ1) is 12.6. The van der Waals surface area contributed by atoms with Crippen molar-refractivity contribution >= 4 is 5.91 Å². The van der Waals surface area contributed by atoms with Crippen molar-refractivity contribution in [1.82, 2.24) is 15.1 Å². The molecule has 2 heterocycles. The third-order valence-electron chi connectivity index (χ3n) is 4.02. The molecule has 3 aromatic rings. The van der Waals surface area contributed by atoms with Gasteiger partial charge in [0.1, 0.15) is 23.9 Å². The Hall–Kier alpha value is -3.09. The molecule has 3 rings (SSSR count). The molecule has 136 valence electrons. The van der Waals surface area contributed by atoms with E-state index in [4.69, 9.17) is 9.15 Å². The fourth-order valence-corrected chi connectivity index (χ4v) is 2.50. The summed E-state index contributed by atoms with van der Waals surface area (Å²) in [7, 11) is 0. The van der Waals surface area contributed by atoms with Crippen LogP contribution in [0.1, 0.15) is 34.5 Å². The summed E-state index contributed by atoms with van der Waals surface area (Å²) in [4.78, 5) is 12.2. The van der Waals surface area contributed by atoms with Crippen LogP contribution in [0.4, 0.5) is 4.39 Å². The Kier molecular flexibility index (Phi) is 5.36. The van der Waals surface area contributed by atoms with Gasteiger partial charge in [-0.3, -0.25) is 9.48 Å². The average molecular weight is 357 g/mol. The lowest BCUT2D eigenvalue weighted by molar-refractivity contribution is 0.0919. The normalized spacial score (nSPS) is 10.7. The smallest absolute Gasteiger partial charge is 0.287 e. The number of hydrogen-bond donors (Lipinski definition) is 1. The largest absolute Gasteiger partial charge is 0.486 e. The summed E-state index contributed by atoms with van der Waals surface area (Å²) in [5.74, 6) is 0.616. The van der Waals surface area contributed by atoms with Gasteiger partial charge in [0.25, 0.3) is 5.91 Å². The lowest BCUT2D eigenvalue weighted by Gasteiger charge is -2.05. The summed E-state index contributed by atoms with van der Waals surface area (Å²) in [5, 5.41) is 7.07. The molecule has 1 aromatic carbocycles. The van der Waals surface area contributed by atoms with E-state index in [-0.39, 0.29) is 24.1 Å². The zero-order valence-corrected chi connectivity index (χ0v) is 14.7. The molecule has 0 bridgehead atoms. The molecule has 0 saturated heterocycles. The Morgan fingerprint density at radius 1 is 1.27 bits per heavy atom. The van der Waals surface area contributed by atoms with Crippen LogP contribution in [0.3, 0.4) is 0 Å². The van der Waals surface area contributed by atoms with Crippen LogP contribution in [-0.2, 0) is 19.7 Å². The van der Waals surface area contributed by atoms with Crippen molar-refractivity contribution in [2.75, 3.05) is 0 Å². The Bertz CT molecular complexity index is 884. The van der Waals surface area contributed by atoms with E-state index in [2.05, 4.69) is 10.4 Å². The number of hydrogen-bond acceptors (Lipinski definition) is 4. The highest BCUT2D eigenvalue weighted by Gasteiger charge is 2.13. The lowest BCUT2D eigenvalue weighted by atomic mass is 10.2. The molecule has 0 unspecified atom stereocenters. The molecule has 6 nitrogen and oxygen atoms in total. The molecule has 0 radical (unpaired) electrons. The number of aryl methyl sites for hydroxylation is 1. The molecule has 0 atom stereocenters. The van der Waals surface area contributed by atoms with Gasteiger partial charge >= 0.3 is 0 Å². The lowest BCUT2D eigenvalue weighted by Crippen LogP contribution is -2.22. The molecule has 1 amide bonds. The molecular formula is C19H20FN3O3. The van der Waals surface area contributed by atoms with E-state index in [0.717, 1.165) is 17.8 Å². The van der Waals surface area contributed by atoms with Crippen molar-refractivity contribution < 1.29 is 18.3 Å². The van der Waals surface area contributed by atoms with Gasteiger partial charge in [0.15, 0.2) is 5.76 Å². The quantitative estimate of drug-likeness (QED) is 0.703. The number of amides is 1. The SMILES string of the molecule is CCn1ncc(CNC(=O)c2ccc(COc3ccc(F)cc3)o2)c1C. The van der Waals surface area contributed by atoms with Crippen LogP contribution in [0, 0.1) is 12.7 Å². The van der Waals surface area contributed by atoms with E-state index < -0.39 is 0 Å². The van der Waals surface area contributed by atoms with Crippen molar-refractivity contribution in [3.63, 3.8) is 0 Å². The Balaban J connectivity index is 1.54. The summed E-state index contributed by atoms with van der Waals surface area (Å²) in [6.45, 7) is 5.31. The van der Waals surface area contributed by atoms with Crippen molar-refractivity contribution in [1.29, 1.82) is 0 Å². The minimum absolute atomic E-state index is 0.154. The second-order valence-electron chi connectivity index (χ2n) is 5.76. The third-order valence-corrected chi connectivity index (χ3v) is 4.02. The number of ether oxygens (including phenoxy) is 1. The summed E-state index contributed by atoms with van der Waals surface area (Å²) in [6, 6.07) is 8.98. The van der Waals surface area contributed by atoms with E-state index >= 15 is 0 Å². The zero-order chi connectivity index (χ0) is 18.5. The van der Waals surface area contributed by atoms with E-state index in [0.29, 0.717) is 18.1 Å². The van der Waals surface area contributed by atoms with Crippen LogP contribution in [-0.4, -0.2) is 15.7 Å². The number of aromatic nitrogens is 2. The number of carbonyl (C=O) groups excluding carboxylic acids is 1. The Labute approximate surface area is 150 Å². The van der Waals surface area contributed by atoms with Crippen LogP contribution < -0.4 is 10.1 Å². The van der Waals surface area contributed by atoms with Crippen molar-refractivity contribution in [2.24, 2.45) is 0 Å². The Morgan fingerprint density at radius 2 is 2.04 bits per heavy atom. The first kappa shape index (κ1) is 17.7. The fraction of sp³-hybridized carbons (Fsp3) is 0.263. The molecule has 0 aliphatic rings. The summed E-state index contributed by atoms with van der Waals surface area (Å²) >= 11 is 0. The van der Waals surface area contributed by atoms with E-state index in [1.165, 1.54) is 24.3 Å². The van der Waals surface area contributed by atoms with Gasteiger partial charge in [-0.1, -0.05) is 0 Å². The number of nitrogens with zero attached hydrogens (tertiary/aromatic N) is 2. The number of furan rings is 1. The number of rotatable bonds is 7. The maximum atomic E-state index is 12.9. The molecule has 2 aromatic heterocycles. The molecule has 0 saturated carbocycles. The molecule has 0 fully saturated rings. The molecule has 0 spiro atoms. The van der Waals surface area contributed by atoms with Gasteiger partial charge in [0.05, 0.1) is 6.20 Å². The highest BCUT2D eigenvalue weighted by Crippen LogP contribution is 2.15. The van der Waals surface area contributed by atoms with Gasteiger partial charge in [-0.05, 0) is 50.2 Å². The number of benzene rings is 1. The number of halogens is 1.